The molecule has 2 rings (SSSR count). The number of carbonyl (C=O) groups is 1. The van der Waals surface area contributed by atoms with Crippen molar-refractivity contribution in [3.63, 3.8) is 0 Å². The van der Waals surface area contributed by atoms with Gasteiger partial charge in [-0.05, 0) is 60.3 Å². The predicted molar refractivity (Wildman–Crippen MR) is 98.6 cm³/mol. The van der Waals surface area contributed by atoms with Crippen molar-refractivity contribution in [1.82, 2.24) is 15.5 Å². The zero-order chi connectivity index (χ0) is 18.8. The molecule has 1 amide bonds. The monoisotopic (exact) mass is 354 g/mol. The number of guanidine groups is 1. The van der Waals surface area contributed by atoms with Crippen LogP contribution in [0.2, 0.25) is 0 Å². The van der Waals surface area contributed by atoms with E-state index in [-0.39, 0.29) is 18.2 Å². The van der Waals surface area contributed by atoms with Crippen molar-refractivity contribution in [2.45, 2.75) is 77.9 Å². The number of amides is 1. The zero-order valence-corrected chi connectivity index (χ0v) is 16.7. The second-order valence-corrected chi connectivity index (χ2v) is 8.46. The Balaban J connectivity index is 2.00. The minimum absolute atomic E-state index is 0.100. The average Bonchev–Trinajstić information content (AvgIpc) is 3.23. The van der Waals surface area contributed by atoms with Crippen LogP contribution in [0.5, 0.6) is 0 Å². The lowest BCUT2D eigenvalue weighted by atomic mass is 10.1. The van der Waals surface area contributed by atoms with Gasteiger partial charge in [0.05, 0.1) is 12.1 Å². The van der Waals surface area contributed by atoms with E-state index in [9.17, 15) is 4.79 Å². The molecule has 0 spiro atoms. The molecule has 7 nitrogen and oxygen atoms in total. The summed E-state index contributed by atoms with van der Waals surface area (Å²) in [7, 11) is 1.76. The van der Waals surface area contributed by atoms with Gasteiger partial charge in [0.1, 0.15) is 11.3 Å². The summed E-state index contributed by atoms with van der Waals surface area (Å²) in [5, 5.41) is 6.66. The van der Waals surface area contributed by atoms with Gasteiger partial charge in [-0.3, -0.25) is 9.89 Å². The molecule has 0 aromatic carbocycles. The van der Waals surface area contributed by atoms with E-state index in [1.807, 2.05) is 41.5 Å². The minimum Gasteiger partial charge on any atom is -0.444 e. The van der Waals surface area contributed by atoms with Crippen LogP contribution < -0.4 is 10.6 Å². The highest BCUT2D eigenvalue weighted by Crippen LogP contribution is 2.33. The highest BCUT2D eigenvalue weighted by atomic mass is 16.6. The third kappa shape index (κ3) is 5.49. The van der Waals surface area contributed by atoms with Crippen LogP contribution in [0.4, 0.5) is 4.79 Å². The van der Waals surface area contributed by atoms with Crippen molar-refractivity contribution >= 4 is 12.1 Å². The molecule has 2 aliphatic rings. The SMILES string of the molecule is CN=C(NCC1CC1)NCC1C(C)OC(C)(C)N1C(=O)OC(C)(C)C. The van der Waals surface area contributed by atoms with Crippen molar-refractivity contribution < 1.29 is 14.3 Å². The maximum atomic E-state index is 12.7. The quantitative estimate of drug-likeness (QED) is 0.599. The molecule has 1 aliphatic heterocycles. The third-order valence-electron chi connectivity index (χ3n) is 4.48. The van der Waals surface area contributed by atoms with Crippen molar-refractivity contribution in [1.29, 1.82) is 0 Å². The van der Waals surface area contributed by atoms with E-state index in [4.69, 9.17) is 9.47 Å². The fourth-order valence-electron chi connectivity index (χ4n) is 3.11. The topological polar surface area (TPSA) is 75.2 Å². The predicted octanol–water partition coefficient (Wildman–Crippen LogP) is 2.32. The number of hydrogen-bond donors (Lipinski definition) is 2. The molecule has 1 saturated heterocycles. The maximum Gasteiger partial charge on any atom is 0.412 e. The summed E-state index contributed by atoms with van der Waals surface area (Å²) in [6, 6.07) is -0.135. The van der Waals surface area contributed by atoms with Gasteiger partial charge in [0.15, 0.2) is 5.96 Å². The fourth-order valence-corrected chi connectivity index (χ4v) is 3.11. The molecule has 2 N–H and O–H groups in total. The van der Waals surface area contributed by atoms with E-state index in [1.54, 1.807) is 11.9 Å². The molecule has 7 heteroatoms. The molecule has 0 aromatic heterocycles. The number of nitrogens with zero attached hydrogens (tertiary/aromatic N) is 2. The average molecular weight is 354 g/mol. The number of carbonyl (C=O) groups excluding carboxylic acids is 1. The van der Waals surface area contributed by atoms with Crippen LogP contribution in [-0.2, 0) is 9.47 Å². The second-order valence-electron chi connectivity index (χ2n) is 8.46. The highest BCUT2D eigenvalue weighted by molar-refractivity contribution is 5.79. The van der Waals surface area contributed by atoms with Gasteiger partial charge in [0.2, 0.25) is 0 Å². The molecule has 1 aliphatic carbocycles. The Bertz CT molecular complexity index is 509. The molecule has 2 unspecified atom stereocenters. The summed E-state index contributed by atoms with van der Waals surface area (Å²) in [4.78, 5) is 18.7. The number of nitrogens with one attached hydrogen (secondary N) is 2. The molecule has 25 heavy (non-hydrogen) atoms. The highest BCUT2D eigenvalue weighted by Gasteiger charge is 2.49. The molecule has 144 valence electrons. The largest absolute Gasteiger partial charge is 0.444 e. The van der Waals surface area contributed by atoms with Crippen LogP contribution in [0.3, 0.4) is 0 Å². The number of ether oxygens (including phenoxy) is 2. The van der Waals surface area contributed by atoms with Crippen molar-refractivity contribution in [2.24, 2.45) is 10.9 Å². The Hall–Kier alpha value is -1.50. The van der Waals surface area contributed by atoms with Crippen LogP contribution in [-0.4, -0.2) is 60.6 Å². The first-order chi connectivity index (χ1) is 11.5. The third-order valence-corrected chi connectivity index (χ3v) is 4.48. The van der Waals surface area contributed by atoms with Crippen molar-refractivity contribution in [2.75, 3.05) is 20.1 Å². The Labute approximate surface area is 151 Å². The van der Waals surface area contributed by atoms with E-state index in [0.717, 1.165) is 18.4 Å². The standard InChI is InChI=1S/C18H34N4O3/c1-12-14(11-21-15(19-7)20-10-13-8-9-13)22(18(5,6)24-12)16(23)25-17(2,3)4/h12-14H,8-11H2,1-7H3,(H2,19,20,21). The Morgan fingerprint density at radius 1 is 1.28 bits per heavy atom. The zero-order valence-electron chi connectivity index (χ0n) is 16.7. The lowest BCUT2D eigenvalue weighted by Crippen LogP contribution is -2.54. The molecule has 1 saturated carbocycles. The summed E-state index contributed by atoms with van der Waals surface area (Å²) in [6.45, 7) is 12.9. The second kappa shape index (κ2) is 7.40. The Morgan fingerprint density at radius 3 is 2.40 bits per heavy atom. The smallest absolute Gasteiger partial charge is 0.412 e. The number of hydrogen-bond acceptors (Lipinski definition) is 4. The molecule has 0 radical (unpaired) electrons. The van der Waals surface area contributed by atoms with E-state index < -0.39 is 11.3 Å². The molecular weight excluding hydrogens is 320 g/mol. The molecule has 2 atom stereocenters. The van der Waals surface area contributed by atoms with Gasteiger partial charge in [0, 0.05) is 20.1 Å². The van der Waals surface area contributed by atoms with Crippen LogP contribution in [0, 0.1) is 5.92 Å². The molecular formula is C18H34N4O3. The van der Waals surface area contributed by atoms with Crippen LogP contribution in [0.1, 0.15) is 54.4 Å². The van der Waals surface area contributed by atoms with Crippen LogP contribution in [0.25, 0.3) is 0 Å². The van der Waals surface area contributed by atoms with Gasteiger partial charge in [0.25, 0.3) is 0 Å². The molecule has 2 fully saturated rings. The summed E-state index contributed by atoms with van der Waals surface area (Å²) >= 11 is 0. The molecule has 0 aromatic rings. The number of aliphatic imine (C=N–C) groups is 1. The summed E-state index contributed by atoms with van der Waals surface area (Å²) in [6.07, 6.45) is 2.13. The van der Waals surface area contributed by atoms with Crippen molar-refractivity contribution in [3.05, 3.63) is 0 Å². The summed E-state index contributed by atoms with van der Waals surface area (Å²) in [5.41, 5.74) is -1.25. The van der Waals surface area contributed by atoms with Crippen LogP contribution in [0.15, 0.2) is 4.99 Å². The van der Waals surface area contributed by atoms with Crippen molar-refractivity contribution in [3.8, 4) is 0 Å². The normalized spacial score (nSPS) is 26.5. The maximum absolute atomic E-state index is 12.7. The first-order valence-corrected chi connectivity index (χ1v) is 9.18. The van der Waals surface area contributed by atoms with Gasteiger partial charge < -0.3 is 20.1 Å². The minimum atomic E-state index is -0.709. The van der Waals surface area contributed by atoms with Gasteiger partial charge in [-0.1, -0.05) is 0 Å². The fraction of sp³-hybridized carbons (Fsp3) is 0.889. The first-order valence-electron chi connectivity index (χ1n) is 9.18. The number of rotatable bonds is 4. The van der Waals surface area contributed by atoms with Crippen LogP contribution >= 0.6 is 0 Å². The Morgan fingerprint density at radius 2 is 1.88 bits per heavy atom. The molecule has 0 bridgehead atoms. The van der Waals surface area contributed by atoms with Gasteiger partial charge in [-0.2, -0.15) is 0 Å². The van der Waals surface area contributed by atoms with E-state index in [1.165, 1.54) is 12.8 Å². The van der Waals surface area contributed by atoms with Gasteiger partial charge in [-0.15, -0.1) is 0 Å². The summed E-state index contributed by atoms with van der Waals surface area (Å²) < 4.78 is 11.6. The van der Waals surface area contributed by atoms with E-state index >= 15 is 0 Å². The molecule has 1 heterocycles. The lowest BCUT2D eigenvalue weighted by molar-refractivity contribution is -0.0755. The van der Waals surface area contributed by atoms with Gasteiger partial charge in [-0.25, -0.2) is 4.79 Å². The summed E-state index contributed by atoms with van der Waals surface area (Å²) in [5.74, 6) is 1.53. The van der Waals surface area contributed by atoms with E-state index in [2.05, 4.69) is 15.6 Å². The van der Waals surface area contributed by atoms with E-state index in [0.29, 0.717) is 6.54 Å². The van der Waals surface area contributed by atoms with Gasteiger partial charge >= 0.3 is 6.09 Å². The Kier molecular flexibility index (Phi) is 5.86. The first kappa shape index (κ1) is 19.8. The lowest BCUT2D eigenvalue weighted by Gasteiger charge is -2.35.